The molecule has 27 heavy (non-hydrogen) atoms. The number of nitrogens with one attached hydrogen (secondary N) is 1. The van der Waals surface area contributed by atoms with E-state index in [2.05, 4.69) is 10.3 Å². The van der Waals surface area contributed by atoms with Gasteiger partial charge in [-0.15, -0.1) is 0 Å². The van der Waals surface area contributed by atoms with Crippen molar-refractivity contribution in [2.24, 2.45) is 0 Å². The highest BCUT2D eigenvalue weighted by Gasteiger charge is 2.25. The predicted molar refractivity (Wildman–Crippen MR) is 102 cm³/mol. The van der Waals surface area contributed by atoms with Gasteiger partial charge in [0.15, 0.2) is 9.84 Å². The molecule has 7 nitrogen and oxygen atoms in total. The maximum atomic E-state index is 11.7. The predicted octanol–water partition coefficient (Wildman–Crippen LogP) is 3.22. The Bertz CT molecular complexity index is 1220. The van der Waals surface area contributed by atoms with Gasteiger partial charge in [-0.1, -0.05) is 12.1 Å². The van der Waals surface area contributed by atoms with Crippen molar-refractivity contribution in [3.63, 3.8) is 0 Å². The summed E-state index contributed by atoms with van der Waals surface area (Å²) in [5, 5.41) is 2.49. The fourth-order valence-electron chi connectivity index (χ4n) is 2.69. The van der Waals surface area contributed by atoms with Crippen LogP contribution in [0.25, 0.3) is 28.2 Å². The molecule has 0 saturated carbocycles. The lowest BCUT2D eigenvalue weighted by Gasteiger charge is -2.03. The lowest BCUT2D eigenvalue weighted by Crippen LogP contribution is -2.17. The third kappa shape index (κ3) is 3.38. The first-order chi connectivity index (χ1) is 12.8. The molecule has 1 fully saturated rings. The quantitative estimate of drug-likeness (QED) is 0.673. The number of aromatic nitrogens is 1. The van der Waals surface area contributed by atoms with E-state index in [0.717, 1.165) is 29.0 Å². The van der Waals surface area contributed by atoms with E-state index in [9.17, 15) is 18.0 Å². The van der Waals surface area contributed by atoms with E-state index in [1.54, 1.807) is 30.6 Å². The maximum absolute atomic E-state index is 11.7. The molecule has 0 spiro atoms. The Kier molecular flexibility index (Phi) is 4.12. The van der Waals surface area contributed by atoms with E-state index < -0.39 is 21.0 Å². The molecule has 2 aromatic heterocycles. The molecule has 1 saturated heterocycles. The smallest absolute Gasteiger partial charge is 0.290 e. The average Bonchev–Trinajstić information content (AvgIpc) is 3.16. The molecule has 1 aliphatic heterocycles. The van der Waals surface area contributed by atoms with Crippen molar-refractivity contribution in [3.05, 3.63) is 53.4 Å². The van der Waals surface area contributed by atoms with Gasteiger partial charge in [-0.25, -0.2) is 8.42 Å². The molecular weight excluding hydrogens is 388 g/mol. The topological polar surface area (TPSA) is 106 Å². The molecular formula is C18H12N2O5S2. The number of nitrogens with zero attached hydrogens (tertiary/aromatic N) is 1. The van der Waals surface area contributed by atoms with Crippen molar-refractivity contribution in [2.75, 3.05) is 6.26 Å². The number of carbonyl (C=O) groups is 2. The van der Waals surface area contributed by atoms with Crippen molar-refractivity contribution < 1.29 is 22.4 Å². The van der Waals surface area contributed by atoms with Crippen LogP contribution in [0.4, 0.5) is 4.79 Å². The number of sulfone groups is 1. The molecule has 0 radical (unpaired) electrons. The van der Waals surface area contributed by atoms with Crippen LogP contribution in [0.2, 0.25) is 0 Å². The van der Waals surface area contributed by atoms with Crippen LogP contribution < -0.4 is 5.32 Å². The number of imide groups is 1. The number of furan rings is 1. The van der Waals surface area contributed by atoms with E-state index in [1.165, 1.54) is 18.2 Å². The van der Waals surface area contributed by atoms with Crippen LogP contribution in [0.15, 0.2) is 56.9 Å². The minimum absolute atomic E-state index is 0.227. The van der Waals surface area contributed by atoms with Crippen molar-refractivity contribution in [3.8, 4) is 11.1 Å². The summed E-state index contributed by atoms with van der Waals surface area (Å²) in [6.07, 6.45) is 5.90. The van der Waals surface area contributed by atoms with Crippen LogP contribution in [-0.2, 0) is 14.6 Å². The molecule has 2 amide bonds. The highest BCUT2D eigenvalue weighted by atomic mass is 32.2. The monoisotopic (exact) mass is 400 g/mol. The van der Waals surface area contributed by atoms with Crippen molar-refractivity contribution in [1.29, 1.82) is 0 Å². The van der Waals surface area contributed by atoms with E-state index >= 15 is 0 Å². The largest absolute Gasteiger partial charge is 0.456 e. The van der Waals surface area contributed by atoms with Crippen LogP contribution in [0.3, 0.4) is 0 Å². The summed E-state index contributed by atoms with van der Waals surface area (Å²) < 4.78 is 29.1. The number of amides is 2. The zero-order valence-electron chi connectivity index (χ0n) is 13.9. The van der Waals surface area contributed by atoms with Crippen molar-refractivity contribution >= 4 is 49.8 Å². The van der Waals surface area contributed by atoms with Crippen LogP contribution >= 0.6 is 11.8 Å². The normalized spacial score (nSPS) is 16.3. The molecule has 3 aromatic rings. The lowest BCUT2D eigenvalue weighted by atomic mass is 10.1. The van der Waals surface area contributed by atoms with Gasteiger partial charge in [0.05, 0.1) is 9.80 Å². The zero-order valence-corrected chi connectivity index (χ0v) is 15.6. The van der Waals surface area contributed by atoms with E-state index in [0.29, 0.717) is 16.9 Å². The van der Waals surface area contributed by atoms with Gasteiger partial charge < -0.3 is 4.42 Å². The SMILES string of the molecule is CS(=O)(=O)c1ccc(-c2cncc3cc(/C=C4/SC(=O)NC4=O)oc23)cc1. The first-order valence-electron chi connectivity index (χ1n) is 7.74. The fourth-order valence-corrected chi connectivity index (χ4v) is 3.98. The molecule has 4 rings (SSSR count). The second-order valence-electron chi connectivity index (χ2n) is 5.90. The van der Waals surface area contributed by atoms with Gasteiger partial charge in [-0.3, -0.25) is 19.9 Å². The summed E-state index contributed by atoms with van der Waals surface area (Å²) in [5.41, 5.74) is 1.99. The second kappa shape index (κ2) is 6.36. The van der Waals surface area contributed by atoms with Crippen molar-refractivity contribution in [1.82, 2.24) is 10.3 Å². The summed E-state index contributed by atoms with van der Waals surface area (Å²) in [5.74, 6) is -0.0421. The highest BCUT2D eigenvalue weighted by molar-refractivity contribution is 8.18. The molecule has 1 N–H and O–H groups in total. The summed E-state index contributed by atoms with van der Waals surface area (Å²) in [6, 6.07) is 8.15. The molecule has 9 heteroatoms. The molecule has 3 heterocycles. The third-order valence-electron chi connectivity index (χ3n) is 3.95. The molecule has 136 valence electrons. The summed E-state index contributed by atoms with van der Waals surface area (Å²) in [6.45, 7) is 0. The van der Waals surface area contributed by atoms with E-state index in [-0.39, 0.29) is 9.80 Å². The Morgan fingerprint density at radius 1 is 1.15 bits per heavy atom. The average molecular weight is 400 g/mol. The van der Waals surface area contributed by atoms with Gasteiger partial charge in [0, 0.05) is 35.7 Å². The van der Waals surface area contributed by atoms with Gasteiger partial charge in [0.1, 0.15) is 11.3 Å². The van der Waals surface area contributed by atoms with Crippen LogP contribution in [0.5, 0.6) is 0 Å². The fraction of sp³-hybridized carbons (Fsp3) is 0.0556. The van der Waals surface area contributed by atoms with Gasteiger partial charge in [-0.05, 0) is 35.5 Å². The molecule has 0 bridgehead atoms. The Hall–Kier alpha value is -2.91. The maximum Gasteiger partial charge on any atom is 0.290 e. The zero-order chi connectivity index (χ0) is 19.2. The number of hydrogen-bond donors (Lipinski definition) is 1. The van der Waals surface area contributed by atoms with E-state index in [1.807, 2.05) is 0 Å². The van der Waals surface area contributed by atoms with Gasteiger partial charge in [0.25, 0.3) is 11.1 Å². The molecule has 1 aliphatic rings. The number of rotatable bonds is 3. The number of pyridine rings is 1. The number of hydrogen-bond acceptors (Lipinski definition) is 7. The van der Waals surface area contributed by atoms with Crippen molar-refractivity contribution in [2.45, 2.75) is 4.90 Å². The Balaban J connectivity index is 1.77. The van der Waals surface area contributed by atoms with Crippen LogP contribution in [0, 0.1) is 0 Å². The first-order valence-corrected chi connectivity index (χ1v) is 10.4. The highest BCUT2D eigenvalue weighted by Crippen LogP contribution is 2.33. The number of thioether (sulfide) groups is 1. The number of fused-ring (bicyclic) bond motifs is 1. The number of benzene rings is 1. The minimum atomic E-state index is -3.28. The van der Waals surface area contributed by atoms with Crippen LogP contribution in [-0.4, -0.2) is 30.8 Å². The van der Waals surface area contributed by atoms with Gasteiger partial charge in [-0.2, -0.15) is 0 Å². The molecule has 0 atom stereocenters. The number of carbonyl (C=O) groups excluding carboxylic acids is 2. The first kappa shape index (κ1) is 17.5. The summed E-state index contributed by atoms with van der Waals surface area (Å²) in [7, 11) is -3.28. The molecule has 0 aliphatic carbocycles. The minimum Gasteiger partial charge on any atom is -0.456 e. The Morgan fingerprint density at radius 2 is 1.89 bits per heavy atom. The van der Waals surface area contributed by atoms with Crippen LogP contribution in [0.1, 0.15) is 5.76 Å². The second-order valence-corrected chi connectivity index (χ2v) is 8.93. The summed E-state index contributed by atoms with van der Waals surface area (Å²) in [4.78, 5) is 27.6. The standard InChI is InChI=1S/C18H12N2O5S2/c1-27(23,24)13-4-2-10(3-5-13)14-9-19-8-11-6-12(25-16(11)14)7-15-17(21)20-18(22)26-15/h2-9H,1H3,(H,20,21,22)/b15-7+. The molecule has 1 aromatic carbocycles. The Labute approximate surface area is 158 Å². The third-order valence-corrected chi connectivity index (χ3v) is 5.89. The summed E-state index contributed by atoms with van der Waals surface area (Å²) >= 11 is 0.812. The van der Waals surface area contributed by atoms with E-state index in [4.69, 9.17) is 4.42 Å². The van der Waals surface area contributed by atoms with Gasteiger partial charge in [0.2, 0.25) is 0 Å². The molecule has 0 unspecified atom stereocenters. The Morgan fingerprint density at radius 3 is 2.52 bits per heavy atom. The lowest BCUT2D eigenvalue weighted by molar-refractivity contribution is -0.115. The van der Waals surface area contributed by atoms with Gasteiger partial charge >= 0.3 is 0 Å².